The quantitative estimate of drug-likeness (QED) is 0.737. The van der Waals surface area contributed by atoms with Crippen molar-refractivity contribution in [1.29, 1.82) is 0 Å². The first-order valence-electron chi connectivity index (χ1n) is 9.44. The Morgan fingerprint density at radius 1 is 1.32 bits per heavy atom. The maximum absolute atomic E-state index is 11.0. The third-order valence-corrected chi connectivity index (χ3v) is 4.97. The number of fused-ring (bicyclic) bond motifs is 1. The first kappa shape index (κ1) is 17.9. The average Bonchev–Trinajstić information content (AvgIpc) is 3.06. The Bertz CT molecular complexity index is 680. The van der Waals surface area contributed by atoms with Crippen molar-refractivity contribution < 1.29 is 4.79 Å². The number of aryl methyl sites for hydroxylation is 1. The zero-order valence-electron chi connectivity index (χ0n) is 15.3. The van der Waals surface area contributed by atoms with Crippen LogP contribution in [0, 0.1) is 12.8 Å². The van der Waals surface area contributed by atoms with Gasteiger partial charge in [0.25, 0.3) is 0 Å². The van der Waals surface area contributed by atoms with Gasteiger partial charge in [-0.05, 0) is 70.2 Å². The van der Waals surface area contributed by atoms with Gasteiger partial charge in [-0.15, -0.1) is 0 Å². The van der Waals surface area contributed by atoms with Gasteiger partial charge in [-0.2, -0.15) is 0 Å². The molecule has 1 aromatic heterocycles. The van der Waals surface area contributed by atoms with Gasteiger partial charge in [0, 0.05) is 24.2 Å². The first-order valence-corrected chi connectivity index (χ1v) is 9.44. The SMILES string of the molecule is CC(=O)CCCCCNC1N=C(c2cc(C)ccn2)N=C2CCCC21. The molecule has 1 aliphatic heterocycles. The van der Waals surface area contributed by atoms with Gasteiger partial charge in [0.05, 0.1) is 0 Å². The zero-order chi connectivity index (χ0) is 17.6. The summed E-state index contributed by atoms with van der Waals surface area (Å²) in [6, 6.07) is 4.05. The van der Waals surface area contributed by atoms with Crippen molar-refractivity contribution in [2.24, 2.45) is 15.9 Å². The van der Waals surface area contributed by atoms with Crippen LogP contribution in [-0.2, 0) is 4.79 Å². The fourth-order valence-electron chi connectivity index (χ4n) is 3.62. The van der Waals surface area contributed by atoms with Crippen molar-refractivity contribution in [3.63, 3.8) is 0 Å². The van der Waals surface area contributed by atoms with Crippen LogP contribution in [0.4, 0.5) is 0 Å². The van der Waals surface area contributed by atoms with Crippen LogP contribution in [0.15, 0.2) is 28.3 Å². The number of pyridine rings is 1. The number of carbonyl (C=O) groups excluding carboxylic acids is 1. The summed E-state index contributed by atoms with van der Waals surface area (Å²) in [4.78, 5) is 25.1. The molecule has 5 heteroatoms. The topological polar surface area (TPSA) is 66.7 Å². The summed E-state index contributed by atoms with van der Waals surface area (Å²) in [5, 5.41) is 3.61. The van der Waals surface area contributed by atoms with Crippen LogP contribution in [-0.4, -0.2) is 35.0 Å². The zero-order valence-corrected chi connectivity index (χ0v) is 15.3. The van der Waals surface area contributed by atoms with Gasteiger partial charge in [-0.25, -0.2) is 9.98 Å². The van der Waals surface area contributed by atoms with E-state index in [1.54, 1.807) is 6.92 Å². The van der Waals surface area contributed by atoms with E-state index in [4.69, 9.17) is 9.98 Å². The van der Waals surface area contributed by atoms with Crippen molar-refractivity contribution in [3.05, 3.63) is 29.6 Å². The number of amidine groups is 1. The Hall–Kier alpha value is -1.88. The molecule has 1 fully saturated rings. The minimum absolute atomic E-state index is 0.111. The molecule has 2 unspecified atom stereocenters. The number of aromatic nitrogens is 1. The van der Waals surface area contributed by atoms with Gasteiger partial charge in [0.15, 0.2) is 5.84 Å². The van der Waals surface area contributed by atoms with E-state index in [0.717, 1.165) is 43.8 Å². The predicted octanol–water partition coefficient (Wildman–Crippen LogP) is 3.46. The summed E-state index contributed by atoms with van der Waals surface area (Å²) in [6.07, 6.45) is 9.22. The van der Waals surface area contributed by atoms with Crippen molar-refractivity contribution in [3.8, 4) is 0 Å². The molecule has 0 saturated heterocycles. The lowest BCUT2D eigenvalue weighted by Crippen LogP contribution is -2.40. The van der Waals surface area contributed by atoms with E-state index < -0.39 is 0 Å². The molecule has 3 rings (SSSR count). The summed E-state index contributed by atoms with van der Waals surface area (Å²) < 4.78 is 0. The number of rotatable bonds is 8. The fourth-order valence-corrected chi connectivity index (χ4v) is 3.62. The maximum Gasteiger partial charge on any atom is 0.175 e. The molecule has 0 bridgehead atoms. The summed E-state index contributed by atoms with van der Waals surface area (Å²) in [7, 11) is 0. The molecule has 1 aliphatic carbocycles. The second kappa shape index (κ2) is 8.48. The van der Waals surface area contributed by atoms with Crippen molar-refractivity contribution >= 4 is 17.3 Å². The number of Topliss-reactive ketones (excluding diaryl/α,β-unsaturated/α-hetero) is 1. The number of carbonyl (C=O) groups is 1. The smallest absolute Gasteiger partial charge is 0.175 e. The third-order valence-electron chi connectivity index (χ3n) is 4.97. The highest BCUT2D eigenvalue weighted by Gasteiger charge is 2.33. The van der Waals surface area contributed by atoms with E-state index in [9.17, 15) is 4.79 Å². The molecular formula is C20H28N4O. The molecule has 5 nitrogen and oxygen atoms in total. The number of aliphatic imine (C=N–C) groups is 2. The second-order valence-electron chi connectivity index (χ2n) is 7.18. The Labute approximate surface area is 150 Å². The van der Waals surface area contributed by atoms with Crippen LogP contribution in [0.1, 0.15) is 63.1 Å². The number of nitrogens with zero attached hydrogens (tertiary/aromatic N) is 3. The minimum Gasteiger partial charge on any atom is -0.300 e. The second-order valence-corrected chi connectivity index (χ2v) is 7.18. The van der Waals surface area contributed by atoms with E-state index in [1.165, 1.54) is 24.1 Å². The van der Waals surface area contributed by atoms with Gasteiger partial charge >= 0.3 is 0 Å². The van der Waals surface area contributed by atoms with Crippen LogP contribution >= 0.6 is 0 Å². The molecular weight excluding hydrogens is 312 g/mol. The molecule has 2 heterocycles. The van der Waals surface area contributed by atoms with Crippen molar-refractivity contribution in [1.82, 2.24) is 10.3 Å². The highest BCUT2D eigenvalue weighted by Crippen LogP contribution is 2.30. The Morgan fingerprint density at radius 2 is 2.20 bits per heavy atom. The first-order chi connectivity index (χ1) is 12.1. The molecule has 1 saturated carbocycles. The van der Waals surface area contributed by atoms with E-state index in [-0.39, 0.29) is 11.9 Å². The summed E-state index contributed by atoms with van der Waals surface area (Å²) in [6.45, 7) is 4.66. The monoisotopic (exact) mass is 340 g/mol. The van der Waals surface area contributed by atoms with Crippen LogP contribution < -0.4 is 5.32 Å². The standard InChI is InChI=1S/C20H28N4O/c1-14-10-12-21-18(13-14)20-23-17-9-6-8-16(17)19(24-20)22-11-5-3-4-7-15(2)25/h10,12-13,16,19,22H,3-9,11H2,1-2H3. The molecule has 0 spiro atoms. The molecule has 2 aliphatic rings. The lowest BCUT2D eigenvalue weighted by Gasteiger charge is -2.26. The number of ketones is 1. The predicted molar refractivity (Wildman–Crippen MR) is 101 cm³/mol. The van der Waals surface area contributed by atoms with Crippen LogP contribution in [0.25, 0.3) is 0 Å². The summed E-state index contributed by atoms with van der Waals surface area (Å²) in [5.41, 5.74) is 3.32. The van der Waals surface area contributed by atoms with Gasteiger partial charge in [0.2, 0.25) is 0 Å². The van der Waals surface area contributed by atoms with Crippen molar-refractivity contribution in [2.75, 3.05) is 6.54 Å². The average molecular weight is 340 g/mol. The normalized spacial score (nSPS) is 22.3. The largest absolute Gasteiger partial charge is 0.300 e. The minimum atomic E-state index is 0.111. The third kappa shape index (κ3) is 4.82. The lowest BCUT2D eigenvalue weighted by molar-refractivity contribution is -0.117. The van der Waals surface area contributed by atoms with Gasteiger partial charge in [0.1, 0.15) is 17.6 Å². The summed E-state index contributed by atoms with van der Waals surface area (Å²) in [5.74, 6) is 1.49. The highest BCUT2D eigenvalue weighted by atomic mass is 16.1. The van der Waals surface area contributed by atoms with Gasteiger partial charge < -0.3 is 4.79 Å². The number of unbranched alkanes of at least 4 members (excludes halogenated alkanes) is 2. The molecule has 134 valence electrons. The molecule has 1 N–H and O–H groups in total. The van der Waals surface area contributed by atoms with Crippen LogP contribution in [0.5, 0.6) is 0 Å². The molecule has 1 aromatic rings. The highest BCUT2D eigenvalue weighted by molar-refractivity contribution is 6.08. The van der Waals surface area contributed by atoms with Crippen LogP contribution in [0.3, 0.4) is 0 Å². The number of hydrogen-bond acceptors (Lipinski definition) is 5. The van der Waals surface area contributed by atoms with Gasteiger partial charge in [-0.3, -0.25) is 10.3 Å². The van der Waals surface area contributed by atoms with Crippen LogP contribution in [0.2, 0.25) is 0 Å². The lowest BCUT2D eigenvalue weighted by atomic mass is 10.0. The Kier molecular flexibility index (Phi) is 6.08. The Balaban J connectivity index is 1.61. The van der Waals surface area contributed by atoms with E-state index >= 15 is 0 Å². The van der Waals surface area contributed by atoms with Crippen molar-refractivity contribution in [2.45, 2.75) is 65.0 Å². The van der Waals surface area contributed by atoms with Gasteiger partial charge in [-0.1, -0.05) is 6.42 Å². The molecule has 0 amide bonds. The number of nitrogens with one attached hydrogen (secondary N) is 1. The molecule has 0 radical (unpaired) electrons. The molecule has 0 aromatic carbocycles. The summed E-state index contributed by atoms with van der Waals surface area (Å²) >= 11 is 0. The molecule has 25 heavy (non-hydrogen) atoms. The van der Waals surface area contributed by atoms with E-state index in [1.807, 2.05) is 12.3 Å². The maximum atomic E-state index is 11.0. The van der Waals surface area contributed by atoms with E-state index in [0.29, 0.717) is 12.3 Å². The van der Waals surface area contributed by atoms with E-state index in [2.05, 4.69) is 23.3 Å². The number of hydrogen-bond donors (Lipinski definition) is 1. The fraction of sp³-hybridized carbons (Fsp3) is 0.600. The molecule has 2 atom stereocenters. The Morgan fingerprint density at radius 3 is 3.00 bits per heavy atom.